The van der Waals surface area contributed by atoms with Crippen LogP contribution in [-0.2, 0) is 9.53 Å². The molecule has 0 saturated carbocycles. The number of carbonyl (C=O) groups is 2. The maximum absolute atomic E-state index is 13.2. The van der Waals surface area contributed by atoms with Crippen molar-refractivity contribution in [3.8, 4) is 0 Å². The van der Waals surface area contributed by atoms with Gasteiger partial charge in [-0.25, -0.2) is 4.39 Å². The minimum atomic E-state index is -0.637. The molecule has 0 N–H and O–H groups in total. The first kappa shape index (κ1) is 11.8. The van der Waals surface area contributed by atoms with Gasteiger partial charge in [0.1, 0.15) is 5.82 Å². The molecule has 0 spiro atoms. The zero-order valence-electron chi connectivity index (χ0n) is 7.92. The number of hydrogen-bond acceptors (Lipinski definition) is 3. The molecule has 0 aliphatic rings. The van der Waals surface area contributed by atoms with E-state index in [0.29, 0.717) is 4.47 Å². The molecule has 0 atom stereocenters. The maximum atomic E-state index is 13.2. The van der Waals surface area contributed by atoms with Crippen molar-refractivity contribution in [1.29, 1.82) is 0 Å². The Morgan fingerprint density at radius 1 is 1.47 bits per heavy atom. The van der Waals surface area contributed by atoms with Crippen LogP contribution in [0, 0.1) is 5.82 Å². The van der Waals surface area contributed by atoms with Crippen LogP contribution < -0.4 is 0 Å². The van der Waals surface area contributed by atoms with Crippen LogP contribution in [0.25, 0.3) is 0 Å². The van der Waals surface area contributed by atoms with Crippen LogP contribution in [0.15, 0.2) is 22.7 Å². The Kier molecular flexibility index (Phi) is 3.96. The summed E-state index contributed by atoms with van der Waals surface area (Å²) < 4.78 is 18.3. The quantitative estimate of drug-likeness (QED) is 0.628. The van der Waals surface area contributed by atoms with Gasteiger partial charge in [-0.2, -0.15) is 0 Å². The standard InChI is InChI=1S/C10H8BrFO3/c1-6(13)15-5-10(14)8-3-2-7(11)4-9(8)12/h2-4H,5H2,1H3. The van der Waals surface area contributed by atoms with Crippen molar-refractivity contribution in [2.45, 2.75) is 6.92 Å². The Bertz CT molecular complexity index is 404. The van der Waals surface area contributed by atoms with E-state index in [0.717, 1.165) is 0 Å². The fraction of sp³-hybridized carbons (Fsp3) is 0.200. The maximum Gasteiger partial charge on any atom is 0.303 e. The Balaban J connectivity index is 2.78. The lowest BCUT2D eigenvalue weighted by Crippen LogP contribution is -2.13. The molecular weight excluding hydrogens is 267 g/mol. The zero-order chi connectivity index (χ0) is 11.4. The fourth-order valence-corrected chi connectivity index (χ4v) is 1.29. The van der Waals surface area contributed by atoms with Gasteiger partial charge in [-0.05, 0) is 18.2 Å². The Hall–Kier alpha value is -1.23. The normalized spacial score (nSPS) is 9.80. The SMILES string of the molecule is CC(=O)OCC(=O)c1ccc(Br)cc1F. The number of halogens is 2. The van der Waals surface area contributed by atoms with Crippen molar-refractivity contribution < 1.29 is 18.7 Å². The lowest BCUT2D eigenvalue weighted by atomic mass is 10.1. The summed E-state index contributed by atoms with van der Waals surface area (Å²) in [6.07, 6.45) is 0. The molecular formula is C10H8BrFO3. The monoisotopic (exact) mass is 274 g/mol. The summed E-state index contributed by atoms with van der Waals surface area (Å²) in [5, 5.41) is 0. The van der Waals surface area contributed by atoms with E-state index in [2.05, 4.69) is 20.7 Å². The molecule has 0 fully saturated rings. The van der Waals surface area contributed by atoms with Gasteiger partial charge in [0.2, 0.25) is 5.78 Å². The van der Waals surface area contributed by atoms with Crippen LogP contribution in [0.3, 0.4) is 0 Å². The Morgan fingerprint density at radius 2 is 2.13 bits per heavy atom. The van der Waals surface area contributed by atoms with Gasteiger partial charge in [-0.15, -0.1) is 0 Å². The van der Waals surface area contributed by atoms with Gasteiger partial charge in [-0.1, -0.05) is 15.9 Å². The molecule has 0 unspecified atom stereocenters. The van der Waals surface area contributed by atoms with Crippen LogP contribution >= 0.6 is 15.9 Å². The third-order valence-corrected chi connectivity index (χ3v) is 2.13. The third kappa shape index (κ3) is 3.43. The highest BCUT2D eigenvalue weighted by atomic mass is 79.9. The van der Waals surface area contributed by atoms with Crippen LogP contribution in [0.4, 0.5) is 4.39 Å². The number of esters is 1. The Morgan fingerprint density at radius 3 is 2.67 bits per heavy atom. The molecule has 0 radical (unpaired) electrons. The highest BCUT2D eigenvalue weighted by Crippen LogP contribution is 2.15. The van der Waals surface area contributed by atoms with E-state index in [1.54, 1.807) is 6.07 Å². The highest BCUT2D eigenvalue weighted by Gasteiger charge is 2.12. The summed E-state index contributed by atoms with van der Waals surface area (Å²) in [7, 11) is 0. The molecule has 5 heteroatoms. The van der Waals surface area contributed by atoms with Crippen molar-refractivity contribution in [3.05, 3.63) is 34.1 Å². The van der Waals surface area contributed by atoms with E-state index in [1.165, 1.54) is 19.1 Å². The highest BCUT2D eigenvalue weighted by molar-refractivity contribution is 9.10. The predicted molar refractivity (Wildman–Crippen MR) is 55.1 cm³/mol. The summed E-state index contributed by atoms with van der Waals surface area (Å²) in [5.41, 5.74) is -0.0838. The number of ether oxygens (including phenoxy) is 1. The number of hydrogen-bond donors (Lipinski definition) is 0. The minimum absolute atomic E-state index is 0.0838. The molecule has 0 aliphatic heterocycles. The van der Waals surface area contributed by atoms with Gasteiger partial charge in [-0.3, -0.25) is 9.59 Å². The van der Waals surface area contributed by atoms with E-state index < -0.39 is 24.2 Å². The van der Waals surface area contributed by atoms with Gasteiger partial charge >= 0.3 is 5.97 Å². The molecule has 0 bridgehead atoms. The number of carbonyl (C=O) groups excluding carboxylic acids is 2. The van der Waals surface area contributed by atoms with Crippen molar-refractivity contribution in [2.24, 2.45) is 0 Å². The first-order valence-electron chi connectivity index (χ1n) is 4.12. The second-order valence-electron chi connectivity index (χ2n) is 2.83. The summed E-state index contributed by atoms with van der Waals surface area (Å²) in [4.78, 5) is 21.8. The topological polar surface area (TPSA) is 43.4 Å². The van der Waals surface area contributed by atoms with Crippen LogP contribution in [0.5, 0.6) is 0 Å². The first-order chi connectivity index (χ1) is 7.00. The van der Waals surface area contributed by atoms with E-state index in [1.807, 2.05) is 0 Å². The van der Waals surface area contributed by atoms with Crippen LogP contribution in [-0.4, -0.2) is 18.4 Å². The number of rotatable bonds is 3. The van der Waals surface area contributed by atoms with E-state index in [4.69, 9.17) is 0 Å². The molecule has 1 aromatic rings. The molecule has 0 aliphatic carbocycles. The molecule has 0 aromatic heterocycles. The summed E-state index contributed by atoms with van der Waals surface area (Å²) in [5.74, 6) is -1.77. The largest absolute Gasteiger partial charge is 0.457 e. The van der Waals surface area contributed by atoms with Crippen molar-refractivity contribution in [2.75, 3.05) is 6.61 Å². The van der Waals surface area contributed by atoms with Gasteiger partial charge in [0.05, 0.1) is 5.56 Å². The second kappa shape index (κ2) is 5.02. The average molecular weight is 275 g/mol. The van der Waals surface area contributed by atoms with Crippen LogP contribution in [0.1, 0.15) is 17.3 Å². The molecule has 0 heterocycles. The van der Waals surface area contributed by atoms with E-state index in [-0.39, 0.29) is 5.56 Å². The molecule has 1 aromatic carbocycles. The number of ketones is 1. The summed E-state index contributed by atoms with van der Waals surface area (Å²) in [6.45, 7) is 0.749. The van der Waals surface area contributed by atoms with Crippen molar-refractivity contribution in [1.82, 2.24) is 0 Å². The summed E-state index contributed by atoms with van der Waals surface area (Å²) >= 11 is 3.07. The molecule has 15 heavy (non-hydrogen) atoms. The number of benzene rings is 1. The van der Waals surface area contributed by atoms with Crippen molar-refractivity contribution >= 4 is 27.7 Å². The van der Waals surface area contributed by atoms with E-state index >= 15 is 0 Å². The van der Waals surface area contributed by atoms with Gasteiger partial charge in [0.25, 0.3) is 0 Å². The molecule has 0 saturated heterocycles. The average Bonchev–Trinajstić information content (AvgIpc) is 2.14. The minimum Gasteiger partial charge on any atom is -0.457 e. The van der Waals surface area contributed by atoms with Gasteiger partial charge in [0.15, 0.2) is 6.61 Å². The zero-order valence-corrected chi connectivity index (χ0v) is 9.51. The molecule has 0 amide bonds. The first-order valence-corrected chi connectivity index (χ1v) is 4.91. The summed E-state index contributed by atoms with van der Waals surface area (Å²) in [6, 6.07) is 4.07. The van der Waals surface area contributed by atoms with Gasteiger partial charge in [0, 0.05) is 11.4 Å². The molecule has 80 valence electrons. The predicted octanol–water partition coefficient (Wildman–Crippen LogP) is 2.33. The third-order valence-electron chi connectivity index (χ3n) is 1.64. The van der Waals surface area contributed by atoms with Gasteiger partial charge < -0.3 is 4.74 Å². The molecule has 1 rings (SSSR count). The fourth-order valence-electron chi connectivity index (χ4n) is 0.961. The lowest BCUT2D eigenvalue weighted by Gasteiger charge is -2.03. The smallest absolute Gasteiger partial charge is 0.303 e. The lowest BCUT2D eigenvalue weighted by molar-refractivity contribution is -0.139. The van der Waals surface area contributed by atoms with E-state index in [9.17, 15) is 14.0 Å². The van der Waals surface area contributed by atoms with Crippen LogP contribution in [0.2, 0.25) is 0 Å². The molecule has 3 nitrogen and oxygen atoms in total. The number of Topliss-reactive ketones (excluding diaryl/α,β-unsaturated/α-hetero) is 1. The van der Waals surface area contributed by atoms with Crippen molar-refractivity contribution in [3.63, 3.8) is 0 Å². The second-order valence-corrected chi connectivity index (χ2v) is 3.74. The Labute approximate surface area is 94.4 Å².